The van der Waals surface area contributed by atoms with Gasteiger partial charge in [0.05, 0.1) is 10.9 Å². The Morgan fingerprint density at radius 3 is 2.69 bits per heavy atom. The maximum atomic E-state index is 12.3. The third-order valence-electron chi connectivity index (χ3n) is 2.67. The number of rotatable bonds is 1. The van der Waals surface area contributed by atoms with Crippen LogP contribution in [-0.4, -0.2) is 9.38 Å². The van der Waals surface area contributed by atoms with Crippen LogP contribution in [0.5, 0.6) is 0 Å². The maximum absolute atomic E-state index is 12.3. The molecule has 0 amide bonds. The quantitative estimate of drug-likeness (QED) is 0.714. The second kappa shape index (κ2) is 3.91. The summed E-state index contributed by atoms with van der Waals surface area (Å²) >= 11 is 6.01. The Bertz CT molecular complexity index is 602. The van der Waals surface area contributed by atoms with Crippen LogP contribution in [0.4, 0.5) is 0 Å². The van der Waals surface area contributed by atoms with Crippen LogP contribution in [0.25, 0.3) is 5.65 Å². The van der Waals surface area contributed by atoms with Crippen LogP contribution in [0.15, 0.2) is 23.0 Å². The van der Waals surface area contributed by atoms with E-state index < -0.39 is 0 Å². The van der Waals surface area contributed by atoms with E-state index in [9.17, 15) is 4.79 Å². The van der Waals surface area contributed by atoms with Crippen molar-refractivity contribution in [3.63, 3.8) is 0 Å². The van der Waals surface area contributed by atoms with Gasteiger partial charge in [-0.2, -0.15) is 0 Å². The Morgan fingerprint density at radius 2 is 2.06 bits per heavy atom. The summed E-state index contributed by atoms with van der Waals surface area (Å²) in [6.45, 7) is 5.49. The van der Waals surface area contributed by atoms with Gasteiger partial charge in [0.15, 0.2) is 0 Å². The Hall–Kier alpha value is -1.35. The average molecular weight is 237 g/mol. The molecule has 0 saturated carbocycles. The summed E-state index contributed by atoms with van der Waals surface area (Å²) in [6.07, 6.45) is 0. The molecule has 0 aliphatic carbocycles. The van der Waals surface area contributed by atoms with Crippen LogP contribution >= 0.6 is 11.6 Å². The lowest BCUT2D eigenvalue weighted by Crippen LogP contribution is -2.23. The zero-order valence-corrected chi connectivity index (χ0v) is 10.2. The predicted octanol–water partition coefficient (Wildman–Crippen LogP) is 2.61. The van der Waals surface area contributed by atoms with Crippen LogP contribution in [-0.2, 0) is 0 Å². The first kappa shape index (κ1) is 11.1. The fourth-order valence-corrected chi connectivity index (χ4v) is 2.17. The maximum Gasteiger partial charge on any atom is 0.263 e. The number of aryl methyl sites for hydroxylation is 2. The van der Waals surface area contributed by atoms with E-state index in [1.54, 1.807) is 11.3 Å². The van der Waals surface area contributed by atoms with Gasteiger partial charge in [0.2, 0.25) is 0 Å². The van der Waals surface area contributed by atoms with Gasteiger partial charge in [-0.25, -0.2) is 4.98 Å². The van der Waals surface area contributed by atoms with Gasteiger partial charge in [-0.05, 0) is 32.9 Å². The highest BCUT2D eigenvalue weighted by Crippen LogP contribution is 2.18. The van der Waals surface area contributed by atoms with E-state index in [1.165, 1.54) is 0 Å². The van der Waals surface area contributed by atoms with Crippen molar-refractivity contribution in [3.8, 4) is 0 Å². The van der Waals surface area contributed by atoms with E-state index >= 15 is 0 Å². The standard InChI is InChI=1S/C12H13ClN2O/c1-7-5-4-6-10-14-9(3)11(8(2)13)12(16)15(7)10/h4-6,8H,1-3H3. The molecule has 84 valence electrons. The summed E-state index contributed by atoms with van der Waals surface area (Å²) in [5.41, 5.74) is 2.76. The third-order valence-corrected chi connectivity index (χ3v) is 2.89. The predicted molar refractivity (Wildman–Crippen MR) is 65.2 cm³/mol. The first-order chi connectivity index (χ1) is 7.52. The van der Waals surface area contributed by atoms with Crippen molar-refractivity contribution >= 4 is 17.2 Å². The molecule has 16 heavy (non-hydrogen) atoms. The van der Waals surface area contributed by atoms with Crippen molar-refractivity contribution in [1.29, 1.82) is 0 Å². The number of pyridine rings is 1. The van der Waals surface area contributed by atoms with Crippen molar-refractivity contribution in [1.82, 2.24) is 9.38 Å². The van der Waals surface area contributed by atoms with Gasteiger partial charge in [0.25, 0.3) is 5.56 Å². The van der Waals surface area contributed by atoms with E-state index in [0.717, 1.165) is 5.69 Å². The molecular formula is C12H13ClN2O. The molecule has 0 N–H and O–H groups in total. The second-order valence-electron chi connectivity index (χ2n) is 3.89. The molecule has 1 atom stereocenters. The molecule has 3 nitrogen and oxygen atoms in total. The molecule has 2 heterocycles. The summed E-state index contributed by atoms with van der Waals surface area (Å²) < 4.78 is 1.60. The molecule has 0 spiro atoms. The van der Waals surface area contributed by atoms with Gasteiger partial charge in [0.1, 0.15) is 5.65 Å². The number of fused-ring (bicyclic) bond motifs is 1. The Balaban J connectivity index is 2.97. The number of nitrogens with zero attached hydrogens (tertiary/aromatic N) is 2. The van der Waals surface area contributed by atoms with Gasteiger partial charge in [-0.15, -0.1) is 11.6 Å². The molecular weight excluding hydrogens is 224 g/mol. The molecule has 2 aromatic rings. The highest BCUT2D eigenvalue weighted by molar-refractivity contribution is 6.20. The molecule has 0 aromatic carbocycles. The van der Waals surface area contributed by atoms with Gasteiger partial charge in [0, 0.05) is 11.4 Å². The summed E-state index contributed by atoms with van der Waals surface area (Å²) in [6, 6.07) is 5.60. The first-order valence-corrected chi connectivity index (χ1v) is 5.59. The number of halogens is 1. The average Bonchev–Trinajstić information content (AvgIpc) is 2.15. The lowest BCUT2D eigenvalue weighted by atomic mass is 10.2. The Morgan fingerprint density at radius 1 is 1.38 bits per heavy atom. The third kappa shape index (κ3) is 1.61. The highest BCUT2D eigenvalue weighted by atomic mass is 35.5. The molecule has 0 bridgehead atoms. The molecule has 0 aliphatic rings. The topological polar surface area (TPSA) is 34.4 Å². The number of hydrogen-bond acceptors (Lipinski definition) is 2. The van der Waals surface area contributed by atoms with Crippen LogP contribution in [0, 0.1) is 13.8 Å². The summed E-state index contributed by atoms with van der Waals surface area (Å²) in [5, 5.41) is -0.323. The van der Waals surface area contributed by atoms with Gasteiger partial charge in [-0.3, -0.25) is 9.20 Å². The van der Waals surface area contributed by atoms with Crippen molar-refractivity contribution in [3.05, 3.63) is 45.5 Å². The zero-order valence-electron chi connectivity index (χ0n) is 9.49. The molecule has 0 saturated heterocycles. The Labute approximate surface area is 98.7 Å². The second-order valence-corrected chi connectivity index (χ2v) is 4.55. The lowest BCUT2D eigenvalue weighted by molar-refractivity contribution is 0.898. The summed E-state index contributed by atoms with van der Waals surface area (Å²) in [5.74, 6) is 0. The van der Waals surface area contributed by atoms with Crippen LogP contribution in [0.3, 0.4) is 0 Å². The molecule has 2 rings (SSSR count). The molecule has 0 radical (unpaired) electrons. The Kier molecular flexibility index (Phi) is 2.72. The number of aromatic nitrogens is 2. The van der Waals surface area contributed by atoms with E-state index in [1.807, 2.05) is 32.0 Å². The minimum absolute atomic E-state index is 0.0666. The first-order valence-electron chi connectivity index (χ1n) is 5.15. The van der Waals surface area contributed by atoms with Crippen LogP contribution < -0.4 is 5.56 Å². The minimum atomic E-state index is -0.323. The van der Waals surface area contributed by atoms with Gasteiger partial charge < -0.3 is 0 Å². The van der Waals surface area contributed by atoms with E-state index in [-0.39, 0.29) is 10.9 Å². The zero-order chi connectivity index (χ0) is 11.9. The largest absolute Gasteiger partial charge is 0.268 e. The lowest BCUT2D eigenvalue weighted by Gasteiger charge is -2.10. The van der Waals surface area contributed by atoms with Crippen LogP contribution in [0.1, 0.15) is 29.3 Å². The van der Waals surface area contributed by atoms with E-state index in [0.29, 0.717) is 16.9 Å². The van der Waals surface area contributed by atoms with Crippen molar-refractivity contribution < 1.29 is 0 Å². The monoisotopic (exact) mass is 236 g/mol. The number of alkyl halides is 1. The summed E-state index contributed by atoms with van der Waals surface area (Å²) in [7, 11) is 0. The SMILES string of the molecule is Cc1nc2cccc(C)n2c(=O)c1C(C)Cl. The fourth-order valence-electron chi connectivity index (χ4n) is 1.92. The summed E-state index contributed by atoms with van der Waals surface area (Å²) in [4.78, 5) is 16.6. The van der Waals surface area contributed by atoms with E-state index in [4.69, 9.17) is 11.6 Å². The van der Waals surface area contributed by atoms with Gasteiger partial charge >= 0.3 is 0 Å². The molecule has 1 unspecified atom stereocenters. The molecule has 2 aromatic heterocycles. The molecule has 0 aliphatic heterocycles. The highest BCUT2D eigenvalue weighted by Gasteiger charge is 2.14. The molecule has 0 fully saturated rings. The van der Waals surface area contributed by atoms with Gasteiger partial charge in [-0.1, -0.05) is 6.07 Å². The fraction of sp³-hybridized carbons (Fsp3) is 0.333. The molecule has 4 heteroatoms. The van der Waals surface area contributed by atoms with Crippen LogP contribution in [0.2, 0.25) is 0 Å². The minimum Gasteiger partial charge on any atom is -0.268 e. The van der Waals surface area contributed by atoms with Crippen molar-refractivity contribution in [2.24, 2.45) is 0 Å². The van der Waals surface area contributed by atoms with E-state index in [2.05, 4.69) is 4.98 Å². The number of hydrogen-bond donors (Lipinski definition) is 0. The van der Waals surface area contributed by atoms with Crippen molar-refractivity contribution in [2.75, 3.05) is 0 Å². The van der Waals surface area contributed by atoms with Crippen molar-refractivity contribution in [2.45, 2.75) is 26.1 Å². The smallest absolute Gasteiger partial charge is 0.263 e. The normalized spacial score (nSPS) is 13.0.